The van der Waals surface area contributed by atoms with E-state index in [9.17, 15) is 4.79 Å². The summed E-state index contributed by atoms with van der Waals surface area (Å²) in [6.45, 7) is 2.42. The number of aromatic amines is 1. The lowest BCUT2D eigenvalue weighted by Gasteiger charge is -2.21. The number of H-pyrrole nitrogens is 1. The van der Waals surface area contributed by atoms with Gasteiger partial charge in [0.25, 0.3) is 0 Å². The van der Waals surface area contributed by atoms with Gasteiger partial charge in [0.05, 0.1) is 18.2 Å². The highest BCUT2D eigenvalue weighted by molar-refractivity contribution is 5.79. The summed E-state index contributed by atoms with van der Waals surface area (Å²) in [6, 6.07) is 0. The van der Waals surface area contributed by atoms with Gasteiger partial charge in [-0.15, -0.1) is 0 Å². The number of amides is 1. The monoisotopic (exact) mass is 262 g/mol. The minimum atomic E-state index is 0.153. The molecule has 1 atom stereocenters. The lowest BCUT2D eigenvalue weighted by Crippen LogP contribution is -2.34. The summed E-state index contributed by atoms with van der Waals surface area (Å²) >= 11 is 0. The molecule has 0 unspecified atom stereocenters. The van der Waals surface area contributed by atoms with Gasteiger partial charge in [0.15, 0.2) is 0 Å². The van der Waals surface area contributed by atoms with E-state index in [1.54, 1.807) is 0 Å². The molecule has 2 heterocycles. The van der Waals surface area contributed by atoms with Crippen LogP contribution in [0.5, 0.6) is 0 Å². The molecule has 0 saturated carbocycles. The van der Waals surface area contributed by atoms with Crippen molar-refractivity contribution in [3.05, 3.63) is 17.0 Å². The molecule has 0 aromatic carbocycles. The molecule has 1 aromatic heterocycles. The Morgan fingerprint density at radius 3 is 3.05 bits per heavy atom. The zero-order valence-corrected chi connectivity index (χ0v) is 11.5. The van der Waals surface area contributed by atoms with Crippen LogP contribution in [0.25, 0.3) is 0 Å². The van der Waals surface area contributed by atoms with E-state index in [1.165, 1.54) is 24.1 Å². The summed E-state index contributed by atoms with van der Waals surface area (Å²) in [5.41, 5.74) is 3.71. The number of carbonyl (C=O) groups excluding carboxylic acids is 1. The Morgan fingerprint density at radius 1 is 1.42 bits per heavy atom. The topological polar surface area (TPSA) is 61.0 Å². The molecule has 1 amide bonds. The van der Waals surface area contributed by atoms with Crippen LogP contribution in [0, 0.1) is 5.92 Å². The van der Waals surface area contributed by atoms with Gasteiger partial charge in [-0.3, -0.25) is 9.89 Å². The van der Waals surface area contributed by atoms with Gasteiger partial charge in [-0.05, 0) is 44.2 Å². The van der Waals surface area contributed by atoms with E-state index in [1.807, 2.05) is 11.9 Å². The Labute approximate surface area is 113 Å². The van der Waals surface area contributed by atoms with Gasteiger partial charge in [-0.2, -0.15) is 5.10 Å². The van der Waals surface area contributed by atoms with Crippen molar-refractivity contribution in [2.75, 3.05) is 20.1 Å². The molecule has 1 fully saturated rings. The molecule has 5 heteroatoms. The lowest BCUT2D eigenvalue weighted by molar-refractivity contribution is -0.134. The Bertz CT molecular complexity index is 462. The van der Waals surface area contributed by atoms with Crippen LogP contribution >= 0.6 is 0 Å². The Balaban J connectivity index is 1.67. The van der Waals surface area contributed by atoms with Crippen molar-refractivity contribution in [2.45, 2.75) is 38.6 Å². The highest BCUT2D eigenvalue weighted by Crippen LogP contribution is 2.23. The number of hydrogen-bond acceptors (Lipinski definition) is 3. The van der Waals surface area contributed by atoms with E-state index in [2.05, 4.69) is 15.5 Å². The average Bonchev–Trinajstić information content (AvgIpc) is 3.08. The number of nitrogens with one attached hydrogen (secondary N) is 2. The Hall–Kier alpha value is -1.36. The normalized spacial score (nSPS) is 22.3. The maximum absolute atomic E-state index is 12.3. The van der Waals surface area contributed by atoms with E-state index in [0.29, 0.717) is 6.54 Å². The van der Waals surface area contributed by atoms with Crippen LogP contribution in [0.1, 0.15) is 36.2 Å². The SMILES string of the molecule is CN(Cc1n[nH]c2c1CCCC2)C(=O)[C@H]1CCNC1. The molecule has 19 heavy (non-hydrogen) atoms. The molecule has 1 aliphatic carbocycles. The van der Waals surface area contributed by atoms with E-state index in [0.717, 1.165) is 38.0 Å². The number of hydrogen-bond donors (Lipinski definition) is 2. The van der Waals surface area contributed by atoms with Crippen molar-refractivity contribution in [3.8, 4) is 0 Å². The second kappa shape index (κ2) is 5.33. The van der Waals surface area contributed by atoms with E-state index in [4.69, 9.17) is 0 Å². The van der Waals surface area contributed by atoms with Gasteiger partial charge in [0.1, 0.15) is 0 Å². The maximum Gasteiger partial charge on any atom is 0.227 e. The van der Waals surface area contributed by atoms with Gasteiger partial charge < -0.3 is 10.2 Å². The van der Waals surface area contributed by atoms with Crippen molar-refractivity contribution in [1.82, 2.24) is 20.4 Å². The molecular formula is C14H22N4O. The minimum Gasteiger partial charge on any atom is -0.339 e. The molecule has 3 rings (SSSR count). The van der Waals surface area contributed by atoms with Crippen molar-refractivity contribution < 1.29 is 4.79 Å². The van der Waals surface area contributed by atoms with Crippen molar-refractivity contribution in [3.63, 3.8) is 0 Å². The molecule has 1 saturated heterocycles. The summed E-state index contributed by atoms with van der Waals surface area (Å²) in [6.07, 6.45) is 5.66. The second-order valence-electron chi connectivity index (χ2n) is 5.72. The molecule has 0 spiro atoms. The molecule has 1 aromatic rings. The quantitative estimate of drug-likeness (QED) is 0.849. The van der Waals surface area contributed by atoms with Gasteiger partial charge >= 0.3 is 0 Å². The van der Waals surface area contributed by atoms with E-state index >= 15 is 0 Å². The summed E-state index contributed by atoms with van der Waals surface area (Å²) in [5, 5.41) is 10.8. The maximum atomic E-state index is 12.3. The molecule has 2 N–H and O–H groups in total. The van der Waals surface area contributed by atoms with Crippen LogP contribution in [-0.4, -0.2) is 41.1 Å². The van der Waals surface area contributed by atoms with Crippen molar-refractivity contribution in [1.29, 1.82) is 0 Å². The zero-order chi connectivity index (χ0) is 13.2. The molecule has 104 valence electrons. The third-order valence-electron chi connectivity index (χ3n) is 4.31. The zero-order valence-electron chi connectivity index (χ0n) is 11.5. The average molecular weight is 262 g/mol. The van der Waals surface area contributed by atoms with Crippen LogP contribution in [0.2, 0.25) is 0 Å². The molecule has 2 aliphatic rings. The van der Waals surface area contributed by atoms with E-state index < -0.39 is 0 Å². The smallest absolute Gasteiger partial charge is 0.227 e. The number of nitrogens with zero attached hydrogens (tertiary/aromatic N) is 2. The number of aryl methyl sites for hydroxylation is 1. The second-order valence-corrected chi connectivity index (χ2v) is 5.72. The summed E-state index contributed by atoms with van der Waals surface area (Å²) in [5.74, 6) is 0.400. The molecule has 0 bridgehead atoms. The number of aromatic nitrogens is 2. The third-order valence-corrected chi connectivity index (χ3v) is 4.31. The lowest BCUT2D eigenvalue weighted by atomic mass is 9.96. The first-order chi connectivity index (χ1) is 9.25. The van der Waals surface area contributed by atoms with Crippen LogP contribution in [0.15, 0.2) is 0 Å². The number of rotatable bonds is 3. The predicted molar refractivity (Wildman–Crippen MR) is 72.7 cm³/mol. The highest BCUT2D eigenvalue weighted by atomic mass is 16.2. The highest BCUT2D eigenvalue weighted by Gasteiger charge is 2.26. The molecular weight excluding hydrogens is 240 g/mol. The number of fused-ring (bicyclic) bond motifs is 1. The first kappa shape index (κ1) is 12.7. The Kier molecular flexibility index (Phi) is 3.55. The van der Waals surface area contributed by atoms with Gasteiger partial charge in [-0.25, -0.2) is 0 Å². The van der Waals surface area contributed by atoms with Crippen molar-refractivity contribution in [2.24, 2.45) is 5.92 Å². The molecule has 1 aliphatic heterocycles. The molecule has 0 radical (unpaired) electrons. The standard InChI is InChI=1S/C14H22N4O/c1-18(14(19)10-6-7-15-8-10)9-13-11-4-2-3-5-12(11)16-17-13/h10,15H,2-9H2,1H3,(H,16,17)/t10-/m0/s1. The largest absolute Gasteiger partial charge is 0.339 e. The van der Waals surface area contributed by atoms with Crippen LogP contribution in [0.4, 0.5) is 0 Å². The minimum absolute atomic E-state index is 0.153. The number of carbonyl (C=O) groups is 1. The fourth-order valence-corrected chi connectivity index (χ4v) is 3.16. The van der Waals surface area contributed by atoms with E-state index in [-0.39, 0.29) is 11.8 Å². The van der Waals surface area contributed by atoms with Gasteiger partial charge in [0, 0.05) is 19.3 Å². The van der Waals surface area contributed by atoms with Crippen molar-refractivity contribution >= 4 is 5.91 Å². The fraction of sp³-hybridized carbons (Fsp3) is 0.714. The van der Waals surface area contributed by atoms with Gasteiger partial charge in [-0.1, -0.05) is 0 Å². The van der Waals surface area contributed by atoms with Crippen LogP contribution in [0.3, 0.4) is 0 Å². The van der Waals surface area contributed by atoms with Crippen LogP contribution < -0.4 is 5.32 Å². The fourth-order valence-electron chi connectivity index (χ4n) is 3.16. The summed E-state index contributed by atoms with van der Waals surface area (Å²) < 4.78 is 0. The first-order valence-corrected chi connectivity index (χ1v) is 7.26. The summed E-state index contributed by atoms with van der Waals surface area (Å²) in [4.78, 5) is 14.1. The summed E-state index contributed by atoms with van der Waals surface area (Å²) in [7, 11) is 1.89. The Morgan fingerprint density at radius 2 is 2.26 bits per heavy atom. The third kappa shape index (κ3) is 2.52. The predicted octanol–water partition coefficient (Wildman–Crippen LogP) is 0.856. The molecule has 5 nitrogen and oxygen atoms in total. The van der Waals surface area contributed by atoms with Gasteiger partial charge in [0.2, 0.25) is 5.91 Å². The van der Waals surface area contributed by atoms with Crippen LogP contribution in [-0.2, 0) is 24.2 Å². The first-order valence-electron chi connectivity index (χ1n) is 7.26.